The summed E-state index contributed by atoms with van der Waals surface area (Å²) in [6.45, 7) is 7.55. The molecule has 0 heterocycles. The zero-order valence-corrected chi connectivity index (χ0v) is 9.58. The van der Waals surface area contributed by atoms with Crippen LogP contribution in [0.25, 0.3) is 0 Å². The molecule has 0 bridgehead atoms. The molecule has 1 unspecified atom stereocenters. The van der Waals surface area contributed by atoms with Crippen LogP contribution in [-0.4, -0.2) is 24.2 Å². The van der Waals surface area contributed by atoms with E-state index >= 15 is 0 Å². The lowest BCUT2D eigenvalue weighted by Gasteiger charge is -2.24. The molecule has 0 aromatic heterocycles. The Morgan fingerprint density at radius 1 is 1.23 bits per heavy atom. The third-order valence-corrected chi connectivity index (χ3v) is 4.02. The molecule has 0 aliphatic carbocycles. The minimum atomic E-state index is -3.31. The fraction of sp³-hybridized carbons (Fsp3) is 1.00. The molecule has 5 heteroatoms. The Morgan fingerprint density at radius 3 is 1.85 bits per heavy atom. The van der Waals surface area contributed by atoms with Crippen LogP contribution in [0.3, 0.4) is 0 Å². The van der Waals surface area contributed by atoms with Crippen LogP contribution in [-0.2, 0) is 13.6 Å². The average Bonchev–Trinajstić information content (AvgIpc) is 2.03. The summed E-state index contributed by atoms with van der Waals surface area (Å²) in [6.07, 6.45) is 0. The highest BCUT2D eigenvalue weighted by molar-refractivity contribution is 7.54. The Hall–Kier alpha value is 0.110. The molecule has 0 radical (unpaired) electrons. The highest BCUT2D eigenvalue weighted by Gasteiger charge is 2.35. The van der Waals surface area contributed by atoms with Gasteiger partial charge in [-0.25, -0.2) is 0 Å². The highest BCUT2D eigenvalue weighted by atomic mass is 31.2. The first-order valence-electron chi connectivity index (χ1n) is 4.54. The topological polar surface area (TPSA) is 55.8 Å². The van der Waals surface area contributed by atoms with Gasteiger partial charge in [0.05, 0.1) is 13.2 Å². The van der Waals surface area contributed by atoms with E-state index in [1.165, 1.54) is 0 Å². The van der Waals surface area contributed by atoms with E-state index in [1.807, 2.05) is 0 Å². The number of rotatable bonds is 6. The summed E-state index contributed by atoms with van der Waals surface area (Å²) < 4.78 is 21.8. The van der Waals surface area contributed by atoms with Crippen molar-refractivity contribution in [3.05, 3.63) is 0 Å². The van der Waals surface area contributed by atoms with Gasteiger partial charge in [0.25, 0.3) is 0 Å². The van der Waals surface area contributed by atoms with E-state index in [1.54, 1.807) is 27.7 Å². The van der Waals surface area contributed by atoms with E-state index in [-0.39, 0.29) is 19.1 Å². The lowest BCUT2D eigenvalue weighted by Crippen LogP contribution is -2.18. The maximum absolute atomic E-state index is 11.9. The third kappa shape index (κ3) is 3.77. The maximum atomic E-state index is 11.9. The van der Waals surface area contributed by atoms with Gasteiger partial charge >= 0.3 is 7.60 Å². The van der Waals surface area contributed by atoms with Crippen molar-refractivity contribution < 1.29 is 18.7 Å². The summed E-state index contributed by atoms with van der Waals surface area (Å²) >= 11 is 0. The summed E-state index contributed by atoms with van der Waals surface area (Å²) in [5.41, 5.74) is 0. The van der Waals surface area contributed by atoms with E-state index in [0.717, 1.165) is 0 Å². The molecule has 13 heavy (non-hydrogen) atoms. The van der Waals surface area contributed by atoms with E-state index in [0.29, 0.717) is 0 Å². The van der Waals surface area contributed by atoms with E-state index in [9.17, 15) is 9.67 Å². The van der Waals surface area contributed by atoms with Gasteiger partial charge in [0, 0.05) is 0 Å². The van der Waals surface area contributed by atoms with Gasteiger partial charge in [-0.2, -0.15) is 0 Å². The van der Waals surface area contributed by atoms with Gasteiger partial charge in [0.15, 0.2) is 5.85 Å². The van der Waals surface area contributed by atoms with Crippen molar-refractivity contribution in [2.75, 3.05) is 13.2 Å². The van der Waals surface area contributed by atoms with Gasteiger partial charge in [-0.1, -0.05) is 13.8 Å². The van der Waals surface area contributed by atoms with E-state index in [2.05, 4.69) is 0 Å². The fourth-order valence-electron chi connectivity index (χ4n) is 0.915. The van der Waals surface area contributed by atoms with Crippen molar-refractivity contribution in [1.29, 1.82) is 0 Å². The van der Waals surface area contributed by atoms with Crippen LogP contribution in [0, 0.1) is 5.92 Å². The Labute approximate surface area is 79.8 Å². The van der Waals surface area contributed by atoms with Gasteiger partial charge in [-0.15, -0.1) is 0 Å². The maximum Gasteiger partial charge on any atom is 0.359 e. The molecule has 0 saturated heterocycles. The second kappa shape index (κ2) is 5.76. The van der Waals surface area contributed by atoms with E-state index < -0.39 is 13.4 Å². The lowest BCUT2D eigenvalue weighted by atomic mass is 10.2. The van der Waals surface area contributed by atoms with Crippen LogP contribution >= 0.6 is 7.60 Å². The van der Waals surface area contributed by atoms with Crippen LogP contribution in [0.2, 0.25) is 0 Å². The molecule has 0 spiro atoms. The molecule has 0 saturated carbocycles. The first kappa shape index (κ1) is 13.1. The summed E-state index contributed by atoms with van der Waals surface area (Å²) in [5, 5.41) is 9.59. The number of aliphatic hydroxyl groups is 1. The first-order chi connectivity index (χ1) is 5.98. The molecule has 1 atom stereocenters. The zero-order valence-electron chi connectivity index (χ0n) is 8.69. The molecular weight excluding hydrogens is 191 g/mol. The minimum Gasteiger partial charge on any atom is -0.380 e. The van der Waals surface area contributed by atoms with Crippen LogP contribution < -0.4 is 0 Å². The number of aliphatic hydroxyl groups excluding tert-OH is 1. The number of hydrogen-bond acceptors (Lipinski definition) is 4. The summed E-state index contributed by atoms with van der Waals surface area (Å²) in [5.74, 6) is -1.17. The quantitative estimate of drug-likeness (QED) is 0.683. The van der Waals surface area contributed by atoms with Crippen LogP contribution in [0.1, 0.15) is 27.7 Å². The summed E-state index contributed by atoms with van der Waals surface area (Å²) in [7, 11) is -3.31. The van der Waals surface area contributed by atoms with Crippen molar-refractivity contribution >= 4 is 7.60 Å². The zero-order chi connectivity index (χ0) is 10.5. The predicted molar refractivity (Wildman–Crippen MR) is 51.7 cm³/mol. The molecular formula is C8H19O4P. The van der Waals surface area contributed by atoms with E-state index in [4.69, 9.17) is 9.05 Å². The Bertz CT molecular complexity index is 171. The Balaban J connectivity index is 4.47. The van der Waals surface area contributed by atoms with Crippen LogP contribution in [0.4, 0.5) is 0 Å². The summed E-state index contributed by atoms with van der Waals surface area (Å²) in [4.78, 5) is 0. The molecule has 0 aromatic carbocycles. The van der Waals surface area contributed by atoms with Gasteiger partial charge in [0.1, 0.15) is 0 Å². The van der Waals surface area contributed by atoms with Gasteiger partial charge < -0.3 is 14.2 Å². The SMILES string of the molecule is CCOP(=O)(OCC)C(O)C(C)C. The van der Waals surface area contributed by atoms with Crippen molar-refractivity contribution in [2.24, 2.45) is 5.92 Å². The fourth-order valence-corrected chi connectivity index (χ4v) is 2.75. The predicted octanol–water partition coefficient (Wildman–Crippen LogP) is 2.23. The minimum absolute atomic E-state index is 0.135. The van der Waals surface area contributed by atoms with Crippen LogP contribution in [0.5, 0.6) is 0 Å². The van der Waals surface area contributed by atoms with Crippen molar-refractivity contribution in [3.63, 3.8) is 0 Å². The second-order valence-electron chi connectivity index (χ2n) is 3.03. The third-order valence-electron chi connectivity index (χ3n) is 1.54. The molecule has 0 rings (SSSR count). The second-order valence-corrected chi connectivity index (χ2v) is 5.16. The molecule has 1 N–H and O–H groups in total. The number of hydrogen-bond donors (Lipinski definition) is 1. The Morgan fingerprint density at radius 2 is 1.62 bits per heavy atom. The molecule has 0 aliphatic rings. The average molecular weight is 210 g/mol. The first-order valence-corrected chi connectivity index (χ1v) is 6.16. The smallest absolute Gasteiger partial charge is 0.359 e. The van der Waals surface area contributed by atoms with Crippen molar-refractivity contribution in [2.45, 2.75) is 33.5 Å². The molecule has 4 nitrogen and oxygen atoms in total. The van der Waals surface area contributed by atoms with Crippen LogP contribution in [0.15, 0.2) is 0 Å². The normalized spacial score (nSPS) is 14.9. The largest absolute Gasteiger partial charge is 0.380 e. The molecule has 0 amide bonds. The van der Waals surface area contributed by atoms with Crippen molar-refractivity contribution in [1.82, 2.24) is 0 Å². The highest BCUT2D eigenvalue weighted by Crippen LogP contribution is 2.54. The standard InChI is InChI=1S/C8H19O4P/c1-5-11-13(10,12-6-2)8(9)7(3)4/h7-9H,5-6H2,1-4H3. The molecule has 0 aliphatic heterocycles. The molecule has 0 fully saturated rings. The molecule has 80 valence electrons. The lowest BCUT2D eigenvalue weighted by molar-refractivity contribution is 0.123. The Kier molecular flexibility index (Phi) is 5.81. The van der Waals surface area contributed by atoms with Gasteiger partial charge in [-0.05, 0) is 19.8 Å². The monoisotopic (exact) mass is 210 g/mol. The summed E-state index contributed by atoms with van der Waals surface area (Å²) in [6, 6.07) is 0. The van der Waals surface area contributed by atoms with Gasteiger partial charge in [-0.3, -0.25) is 4.57 Å². The van der Waals surface area contributed by atoms with Crippen molar-refractivity contribution in [3.8, 4) is 0 Å². The molecule has 0 aromatic rings. The van der Waals surface area contributed by atoms with Gasteiger partial charge in [0.2, 0.25) is 0 Å².